The highest BCUT2D eigenvalue weighted by Crippen LogP contribution is 2.16. The molecule has 3 N–H and O–H groups in total. The lowest BCUT2D eigenvalue weighted by Crippen LogP contribution is -2.21. The van der Waals surface area contributed by atoms with Gasteiger partial charge in [-0.2, -0.15) is 0 Å². The lowest BCUT2D eigenvalue weighted by molar-refractivity contribution is -0.385. The van der Waals surface area contributed by atoms with Crippen LogP contribution in [0.5, 0.6) is 0 Å². The molecule has 0 atom stereocenters. The Morgan fingerprint density at radius 2 is 2.17 bits per heavy atom. The fourth-order valence-electron chi connectivity index (χ4n) is 0.948. The van der Waals surface area contributed by atoms with Gasteiger partial charge in [0.2, 0.25) is 0 Å². The van der Waals surface area contributed by atoms with E-state index in [2.05, 4.69) is 5.43 Å². The van der Waals surface area contributed by atoms with Crippen molar-refractivity contribution >= 4 is 5.69 Å². The SMILES string of the molecule is NNCc1ccccc1[N+](=O)[O-]. The maximum Gasteiger partial charge on any atom is 0.273 e. The maximum atomic E-state index is 10.4. The van der Waals surface area contributed by atoms with E-state index in [4.69, 9.17) is 5.84 Å². The van der Waals surface area contributed by atoms with E-state index in [1.807, 2.05) is 0 Å². The number of nitrogens with one attached hydrogen (secondary N) is 1. The molecule has 0 heterocycles. The Balaban J connectivity index is 3.00. The molecule has 0 bridgehead atoms. The van der Waals surface area contributed by atoms with Crippen LogP contribution < -0.4 is 11.3 Å². The van der Waals surface area contributed by atoms with E-state index in [9.17, 15) is 10.1 Å². The van der Waals surface area contributed by atoms with Gasteiger partial charge < -0.3 is 0 Å². The van der Waals surface area contributed by atoms with Crippen LogP contribution in [0.25, 0.3) is 0 Å². The van der Waals surface area contributed by atoms with E-state index < -0.39 is 4.92 Å². The zero-order valence-electron chi connectivity index (χ0n) is 6.36. The van der Waals surface area contributed by atoms with Crippen molar-refractivity contribution in [2.75, 3.05) is 0 Å². The van der Waals surface area contributed by atoms with Crippen LogP contribution in [0.3, 0.4) is 0 Å². The van der Waals surface area contributed by atoms with Crippen LogP contribution >= 0.6 is 0 Å². The molecule has 0 aliphatic carbocycles. The second kappa shape index (κ2) is 3.80. The molecule has 5 nitrogen and oxygen atoms in total. The minimum atomic E-state index is -0.424. The molecule has 0 aromatic heterocycles. The molecule has 0 aliphatic heterocycles. The molecule has 0 unspecified atom stereocenters. The van der Waals surface area contributed by atoms with Crippen molar-refractivity contribution in [2.45, 2.75) is 6.54 Å². The summed E-state index contributed by atoms with van der Waals surface area (Å²) in [6.45, 7) is 0.303. The van der Waals surface area contributed by atoms with Crippen molar-refractivity contribution in [3.8, 4) is 0 Å². The van der Waals surface area contributed by atoms with E-state index in [-0.39, 0.29) is 5.69 Å². The molecule has 12 heavy (non-hydrogen) atoms. The van der Waals surface area contributed by atoms with Crippen molar-refractivity contribution in [1.82, 2.24) is 5.43 Å². The number of nitro benzene ring substituents is 1. The van der Waals surface area contributed by atoms with Gasteiger partial charge in [-0.05, 0) is 0 Å². The Hall–Kier alpha value is -1.46. The lowest BCUT2D eigenvalue weighted by atomic mass is 10.2. The number of nitrogens with two attached hydrogens (primary N) is 1. The first-order valence-corrected chi connectivity index (χ1v) is 3.41. The number of nitro groups is 1. The van der Waals surface area contributed by atoms with Crippen LogP contribution in [0, 0.1) is 10.1 Å². The first kappa shape index (κ1) is 8.63. The van der Waals surface area contributed by atoms with Gasteiger partial charge in [-0.15, -0.1) is 0 Å². The van der Waals surface area contributed by atoms with Gasteiger partial charge in [0, 0.05) is 18.2 Å². The molecule has 1 rings (SSSR count). The third kappa shape index (κ3) is 1.77. The smallest absolute Gasteiger partial charge is 0.271 e. The molecule has 0 amide bonds. The number of rotatable bonds is 3. The van der Waals surface area contributed by atoms with E-state index in [0.717, 1.165) is 0 Å². The molecular formula is C7H9N3O2. The van der Waals surface area contributed by atoms with E-state index in [1.54, 1.807) is 18.2 Å². The average Bonchev–Trinajstić information content (AvgIpc) is 2.05. The van der Waals surface area contributed by atoms with E-state index in [0.29, 0.717) is 12.1 Å². The Kier molecular flexibility index (Phi) is 2.73. The van der Waals surface area contributed by atoms with Crippen LogP contribution in [0.4, 0.5) is 5.69 Å². The molecule has 0 saturated heterocycles. The molecule has 1 aromatic carbocycles. The number of benzene rings is 1. The van der Waals surface area contributed by atoms with Gasteiger partial charge in [0.25, 0.3) is 5.69 Å². The molecular weight excluding hydrogens is 158 g/mol. The Morgan fingerprint density at radius 3 is 2.75 bits per heavy atom. The lowest BCUT2D eigenvalue weighted by Gasteiger charge is -1.99. The third-order valence-electron chi connectivity index (χ3n) is 1.48. The minimum absolute atomic E-state index is 0.0930. The van der Waals surface area contributed by atoms with Gasteiger partial charge in [0.05, 0.1) is 4.92 Å². The van der Waals surface area contributed by atoms with E-state index >= 15 is 0 Å². The zero-order valence-corrected chi connectivity index (χ0v) is 6.36. The average molecular weight is 167 g/mol. The Morgan fingerprint density at radius 1 is 1.50 bits per heavy atom. The van der Waals surface area contributed by atoms with Crippen LogP contribution in [0.2, 0.25) is 0 Å². The summed E-state index contributed by atoms with van der Waals surface area (Å²) in [5, 5.41) is 10.4. The molecule has 0 radical (unpaired) electrons. The maximum absolute atomic E-state index is 10.4. The number of hydrazine groups is 1. The monoisotopic (exact) mass is 167 g/mol. The predicted molar refractivity (Wildman–Crippen MR) is 44.1 cm³/mol. The molecule has 0 saturated carbocycles. The summed E-state index contributed by atoms with van der Waals surface area (Å²) in [6, 6.07) is 6.47. The van der Waals surface area contributed by atoms with Gasteiger partial charge in [0.15, 0.2) is 0 Å². The molecule has 5 heteroatoms. The van der Waals surface area contributed by atoms with Crippen molar-refractivity contribution in [3.05, 3.63) is 39.9 Å². The zero-order chi connectivity index (χ0) is 8.97. The topological polar surface area (TPSA) is 81.2 Å². The van der Waals surface area contributed by atoms with Crippen molar-refractivity contribution in [1.29, 1.82) is 0 Å². The first-order chi connectivity index (χ1) is 5.75. The van der Waals surface area contributed by atoms with Crippen LogP contribution in [-0.4, -0.2) is 4.92 Å². The second-order valence-electron chi connectivity index (χ2n) is 2.27. The summed E-state index contributed by atoms with van der Waals surface area (Å²) >= 11 is 0. The summed E-state index contributed by atoms with van der Waals surface area (Å²) in [5.74, 6) is 5.06. The van der Waals surface area contributed by atoms with Gasteiger partial charge in [-0.25, -0.2) is 0 Å². The predicted octanol–water partition coefficient (Wildman–Crippen LogP) is 0.558. The summed E-state index contributed by atoms with van der Waals surface area (Å²) in [4.78, 5) is 10.0. The highest BCUT2D eigenvalue weighted by molar-refractivity contribution is 5.39. The van der Waals surface area contributed by atoms with Crippen LogP contribution in [0.15, 0.2) is 24.3 Å². The van der Waals surface area contributed by atoms with Crippen LogP contribution in [-0.2, 0) is 6.54 Å². The van der Waals surface area contributed by atoms with Crippen molar-refractivity contribution in [3.63, 3.8) is 0 Å². The number of para-hydroxylation sites is 1. The van der Waals surface area contributed by atoms with Crippen molar-refractivity contribution in [2.24, 2.45) is 5.84 Å². The normalized spacial score (nSPS) is 9.75. The van der Waals surface area contributed by atoms with Gasteiger partial charge in [-0.1, -0.05) is 18.2 Å². The first-order valence-electron chi connectivity index (χ1n) is 3.41. The summed E-state index contributed by atoms with van der Waals surface area (Å²) in [6.07, 6.45) is 0. The minimum Gasteiger partial charge on any atom is -0.271 e. The molecule has 0 aliphatic rings. The largest absolute Gasteiger partial charge is 0.273 e. The standard InChI is InChI=1S/C7H9N3O2/c8-9-5-6-3-1-2-4-7(6)10(11)12/h1-4,9H,5,8H2. The number of hydrogen-bond donors (Lipinski definition) is 2. The molecule has 64 valence electrons. The highest BCUT2D eigenvalue weighted by atomic mass is 16.6. The van der Waals surface area contributed by atoms with Gasteiger partial charge in [-0.3, -0.25) is 21.4 Å². The molecule has 1 aromatic rings. The Labute approximate surface area is 69.3 Å². The fraction of sp³-hybridized carbons (Fsp3) is 0.143. The Bertz CT molecular complexity index is 288. The van der Waals surface area contributed by atoms with Crippen LogP contribution in [0.1, 0.15) is 5.56 Å². The fourth-order valence-corrected chi connectivity index (χ4v) is 0.948. The molecule has 0 fully saturated rings. The third-order valence-corrected chi connectivity index (χ3v) is 1.48. The number of nitrogens with zero attached hydrogens (tertiary/aromatic N) is 1. The second-order valence-corrected chi connectivity index (χ2v) is 2.27. The summed E-state index contributed by atoms with van der Waals surface area (Å²) in [7, 11) is 0. The van der Waals surface area contributed by atoms with Gasteiger partial charge in [0.1, 0.15) is 0 Å². The summed E-state index contributed by atoms with van der Waals surface area (Å²) < 4.78 is 0. The van der Waals surface area contributed by atoms with Gasteiger partial charge >= 0.3 is 0 Å². The van der Waals surface area contributed by atoms with Crippen molar-refractivity contribution < 1.29 is 4.92 Å². The highest BCUT2D eigenvalue weighted by Gasteiger charge is 2.10. The van der Waals surface area contributed by atoms with E-state index in [1.165, 1.54) is 6.07 Å². The number of hydrogen-bond acceptors (Lipinski definition) is 4. The quantitative estimate of drug-likeness (QED) is 0.391. The summed E-state index contributed by atoms with van der Waals surface area (Å²) in [5.41, 5.74) is 3.06. The molecule has 0 spiro atoms.